The number of carboxylic acid groups (broad SMARTS) is 1. The zero-order valence-corrected chi connectivity index (χ0v) is 12.4. The summed E-state index contributed by atoms with van der Waals surface area (Å²) >= 11 is 0. The Kier molecular flexibility index (Phi) is 3.97. The van der Waals surface area contributed by atoms with Gasteiger partial charge in [0.1, 0.15) is 0 Å². The van der Waals surface area contributed by atoms with Crippen LogP contribution in [0.1, 0.15) is 33.6 Å². The number of carbonyl (C=O) groups is 2. The van der Waals surface area contributed by atoms with E-state index in [4.69, 9.17) is 0 Å². The third kappa shape index (κ3) is 3.01. The average Bonchev–Trinajstić information content (AvgIpc) is 3.08. The molecule has 1 saturated heterocycles. The highest BCUT2D eigenvalue weighted by molar-refractivity contribution is 5.98. The molecule has 0 saturated carbocycles. The van der Waals surface area contributed by atoms with Crippen molar-refractivity contribution in [1.82, 2.24) is 9.88 Å². The highest BCUT2D eigenvalue weighted by Crippen LogP contribution is 2.24. The summed E-state index contributed by atoms with van der Waals surface area (Å²) in [6.45, 7) is 1.50. The summed E-state index contributed by atoms with van der Waals surface area (Å²) in [5.74, 6) is -1.23. The van der Waals surface area contributed by atoms with Gasteiger partial charge in [-0.2, -0.15) is 0 Å². The second-order valence-corrected chi connectivity index (χ2v) is 5.51. The van der Waals surface area contributed by atoms with Gasteiger partial charge in [-0.15, -0.1) is 0 Å². The average molecular weight is 312 g/mol. The second-order valence-electron chi connectivity index (χ2n) is 5.51. The molecule has 0 unspecified atom stereocenters. The number of amides is 1. The fraction of sp³-hybridized carbons (Fsp3) is 0.235. The fourth-order valence-electron chi connectivity index (χ4n) is 2.81. The number of carboxylic acids is 1. The van der Waals surface area contributed by atoms with Gasteiger partial charge in [0.05, 0.1) is 5.56 Å². The van der Waals surface area contributed by atoms with Gasteiger partial charge in [0, 0.05) is 36.5 Å². The summed E-state index contributed by atoms with van der Waals surface area (Å²) in [5.41, 5.74) is 0.929. The quantitative estimate of drug-likeness (QED) is 0.906. The number of hydrogen-bond donors (Lipinski definition) is 2. The first-order valence-corrected chi connectivity index (χ1v) is 7.42. The normalized spacial score (nSPS) is 14.0. The van der Waals surface area contributed by atoms with Gasteiger partial charge in [0.2, 0.25) is 5.56 Å². The molecule has 1 amide bonds. The molecule has 1 fully saturated rings. The van der Waals surface area contributed by atoms with E-state index in [1.165, 1.54) is 6.20 Å². The van der Waals surface area contributed by atoms with E-state index in [9.17, 15) is 19.5 Å². The van der Waals surface area contributed by atoms with E-state index in [-0.39, 0.29) is 11.5 Å². The lowest BCUT2D eigenvalue weighted by Gasteiger charge is -2.16. The van der Waals surface area contributed by atoms with Crippen molar-refractivity contribution < 1.29 is 14.7 Å². The molecule has 6 heteroatoms. The first kappa shape index (κ1) is 15.0. The third-order valence-electron chi connectivity index (χ3n) is 3.97. The number of pyridine rings is 1. The lowest BCUT2D eigenvalue weighted by molar-refractivity contribution is 0.0696. The molecule has 1 aliphatic heterocycles. The Morgan fingerprint density at radius 1 is 1.13 bits per heavy atom. The Balaban J connectivity index is 2.02. The van der Waals surface area contributed by atoms with Crippen molar-refractivity contribution in [3.05, 3.63) is 58.0 Å². The third-order valence-corrected chi connectivity index (χ3v) is 3.97. The van der Waals surface area contributed by atoms with Crippen molar-refractivity contribution in [3.63, 3.8) is 0 Å². The van der Waals surface area contributed by atoms with E-state index in [2.05, 4.69) is 4.98 Å². The van der Waals surface area contributed by atoms with Crippen LogP contribution in [-0.4, -0.2) is 40.0 Å². The monoisotopic (exact) mass is 312 g/mol. The summed E-state index contributed by atoms with van der Waals surface area (Å²) < 4.78 is 0. The van der Waals surface area contributed by atoms with E-state index < -0.39 is 11.5 Å². The number of aromatic nitrogens is 1. The number of carbonyl (C=O) groups excluding carboxylic acids is 1. The number of benzene rings is 1. The molecule has 3 rings (SSSR count). The zero-order valence-electron chi connectivity index (χ0n) is 12.4. The van der Waals surface area contributed by atoms with Crippen LogP contribution in [0.3, 0.4) is 0 Å². The van der Waals surface area contributed by atoms with E-state index in [1.807, 2.05) is 0 Å². The largest absolute Gasteiger partial charge is 0.478 e. The fourth-order valence-corrected chi connectivity index (χ4v) is 2.81. The van der Waals surface area contributed by atoms with E-state index in [0.717, 1.165) is 32.0 Å². The number of likely N-dealkylation sites (tertiary alicyclic amines) is 1. The Morgan fingerprint density at radius 2 is 1.87 bits per heavy atom. The van der Waals surface area contributed by atoms with Crippen molar-refractivity contribution in [2.24, 2.45) is 0 Å². The number of hydrogen-bond acceptors (Lipinski definition) is 3. The summed E-state index contributed by atoms with van der Waals surface area (Å²) in [7, 11) is 0. The molecule has 2 N–H and O–H groups in total. The maximum absolute atomic E-state index is 12.5. The number of nitrogens with one attached hydrogen (secondary N) is 1. The molecule has 1 aromatic heterocycles. The molecule has 6 nitrogen and oxygen atoms in total. The van der Waals surface area contributed by atoms with Crippen LogP contribution in [0, 0.1) is 0 Å². The molecule has 0 aliphatic carbocycles. The predicted octanol–water partition coefficient (Wildman–Crippen LogP) is 1.98. The SMILES string of the molecule is O=C(O)c1cc(=O)[nH]cc1-c1cccc(C(=O)N2CCCC2)c1. The van der Waals surface area contributed by atoms with Crippen molar-refractivity contribution in [3.8, 4) is 11.1 Å². The van der Waals surface area contributed by atoms with Crippen LogP contribution in [-0.2, 0) is 0 Å². The van der Waals surface area contributed by atoms with Crippen LogP contribution < -0.4 is 5.56 Å². The van der Waals surface area contributed by atoms with Crippen molar-refractivity contribution in [1.29, 1.82) is 0 Å². The Labute approximate surface area is 132 Å². The van der Waals surface area contributed by atoms with Crippen LogP contribution in [0.25, 0.3) is 11.1 Å². The highest BCUT2D eigenvalue weighted by atomic mass is 16.4. The summed E-state index contributed by atoms with van der Waals surface area (Å²) in [6, 6.07) is 7.87. The molecule has 2 aromatic rings. The molecule has 23 heavy (non-hydrogen) atoms. The molecule has 1 aromatic carbocycles. The van der Waals surface area contributed by atoms with E-state index >= 15 is 0 Å². The highest BCUT2D eigenvalue weighted by Gasteiger charge is 2.20. The maximum atomic E-state index is 12.5. The number of aromatic amines is 1. The minimum atomic E-state index is -1.18. The first-order valence-electron chi connectivity index (χ1n) is 7.42. The zero-order chi connectivity index (χ0) is 16.4. The molecule has 0 bridgehead atoms. The number of aromatic carboxylic acids is 1. The van der Waals surface area contributed by atoms with Gasteiger partial charge in [-0.1, -0.05) is 12.1 Å². The molecule has 118 valence electrons. The lowest BCUT2D eigenvalue weighted by atomic mass is 10.00. The van der Waals surface area contributed by atoms with Gasteiger partial charge in [0.25, 0.3) is 5.91 Å². The van der Waals surface area contributed by atoms with Crippen molar-refractivity contribution >= 4 is 11.9 Å². The van der Waals surface area contributed by atoms with Crippen LogP contribution in [0.4, 0.5) is 0 Å². The van der Waals surface area contributed by atoms with E-state index in [0.29, 0.717) is 16.7 Å². The van der Waals surface area contributed by atoms with Crippen molar-refractivity contribution in [2.75, 3.05) is 13.1 Å². The Hall–Kier alpha value is -2.89. The number of rotatable bonds is 3. The minimum Gasteiger partial charge on any atom is -0.478 e. The molecule has 2 heterocycles. The van der Waals surface area contributed by atoms with Gasteiger partial charge >= 0.3 is 5.97 Å². The maximum Gasteiger partial charge on any atom is 0.336 e. The van der Waals surface area contributed by atoms with Gasteiger partial charge in [0.15, 0.2) is 0 Å². The minimum absolute atomic E-state index is 0.0503. The second kappa shape index (κ2) is 6.08. The molecule has 0 spiro atoms. The topological polar surface area (TPSA) is 90.5 Å². The van der Waals surface area contributed by atoms with Crippen molar-refractivity contribution in [2.45, 2.75) is 12.8 Å². The smallest absolute Gasteiger partial charge is 0.336 e. The predicted molar refractivity (Wildman–Crippen MR) is 84.6 cm³/mol. The summed E-state index contributed by atoms with van der Waals surface area (Å²) in [4.78, 5) is 39.4. The lowest BCUT2D eigenvalue weighted by Crippen LogP contribution is -2.27. The molecule has 0 atom stereocenters. The number of nitrogens with zero attached hydrogens (tertiary/aromatic N) is 1. The van der Waals surface area contributed by atoms with Crippen LogP contribution in [0.2, 0.25) is 0 Å². The van der Waals surface area contributed by atoms with Gasteiger partial charge in [-0.05, 0) is 30.5 Å². The Bertz CT molecular complexity index is 819. The van der Waals surface area contributed by atoms with Gasteiger partial charge < -0.3 is 15.0 Å². The molecular formula is C17H16N2O4. The first-order chi connectivity index (χ1) is 11.1. The molecular weight excluding hydrogens is 296 g/mol. The van der Waals surface area contributed by atoms with Gasteiger partial charge in [-0.3, -0.25) is 9.59 Å². The van der Waals surface area contributed by atoms with Crippen LogP contribution >= 0.6 is 0 Å². The molecule has 0 radical (unpaired) electrons. The standard InChI is InChI=1S/C17H16N2O4/c20-15-9-13(17(22)23)14(10-18-15)11-4-3-5-12(8-11)16(21)19-6-1-2-7-19/h3-5,8-10H,1-2,6-7H2,(H,18,20)(H,22,23). The van der Waals surface area contributed by atoms with Crippen LogP contribution in [0.15, 0.2) is 41.3 Å². The summed E-state index contributed by atoms with van der Waals surface area (Å²) in [6.07, 6.45) is 3.38. The van der Waals surface area contributed by atoms with Crippen LogP contribution in [0.5, 0.6) is 0 Å². The van der Waals surface area contributed by atoms with E-state index in [1.54, 1.807) is 29.2 Å². The molecule has 1 aliphatic rings. The van der Waals surface area contributed by atoms with Gasteiger partial charge in [-0.25, -0.2) is 4.79 Å². The number of H-pyrrole nitrogens is 1. The Morgan fingerprint density at radius 3 is 2.57 bits per heavy atom. The summed E-state index contributed by atoms with van der Waals surface area (Å²) in [5, 5.41) is 9.27.